The number of pyridine rings is 1. The maximum atomic E-state index is 5.88. The van der Waals surface area contributed by atoms with Crippen LogP contribution in [0.4, 0.5) is 5.82 Å². The first-order valence-corrected chi connectivity index (χ1v) is 7.45. The Balaban J connectivity index is 2.63. The van der Waals surface area contributed by atoms with Crippen molar-refractivity contribution in [2.45, 2.75) is 33.2 Å². The van der Waals surface area contributed by atoms with Gasteiger partial charge in [0.1, 0.15) is 10.8 Å². The third kappa shape index (κ3) is 2.75. The van der Waals surface area contributed by atoms with Gasteiger partial charge in [0.15, 0.2) is 0 Å². The van der Waals surface area contributed by atoms with Crippen LogP contribution in [-0.4, -0.2) is 22.6 Å². The molecule has 1 heterocycles. The summed E-state index contributed by atoms with van der Waals surface area (Å²) in [6.45, 7) is 7.45. The summed E-state index contributed by atoms with van der Waals surface area (Å²) in [5.74, 6) is 0.948. The maximum Gasteiger partial charge on any atom is 0.130 e. The predicted octanol–water partition coefficient (Wildman–Crippen LogP) is 3.49. The van der Waals surface area contributed by atoms with E-state index in [1.54, 1.807) is 0 Å². The van der Waals surface area contributed by atoms with Gasteiger partial charge in [-0.1, -0.05) is 37.3 Å². The number of fused-ring (bicyclic) bond motifs is 1. The van der Waals surface area contributed by atoms with Crippen molar-refractivity contribution in [3.8, 4) is 0 Å². The Morgan fingerprint density at radius 3 is 2.65 bits per heavy atom. The number of para-hydroxylation sites is 1. The molecule has 2 rings (SSSR count). The molecule has 106 valence electrons. The highest BCUT2D eigenvalue weighted by molar-refractivity contribution is 7.80. The minimum atomic E-state index is 0.421. The van der Waals surface area contributed by atoms with Crippen molar-refractivity contribution < 1.29 is 0 Å². The SMILES string of the molecule is CCC(C)N(CC)c1cc(C(N)=S)c2ccccc2n1. The molecule has 3 nitrogen and oxygen atoms in total. The molecule has 0 aliphatic carbocycles. The molecule has 0 saturated carbocycles. The summed E-state index contributed by atoms with van der Waals surface area (Å²) < 4.78 is 0. The van der Waals surface area contributed by atoms with Crippen LogP contribution < -0.4 is 10.6 Å². The zero-order valence-electron chi connectivity index (χ0n) is 12.3. The van der Waals surface area contributed by atoms with Crippen LogP contribution in [0, 0.1) is 0 Å². The van der Waals surface area contributed by atoms with Gasteiger partial charge in [-0.3, -0.25) is 0 Å². The van der Waals surface area contributed by atoms with Gasteiger partial charge in [-0.05, 0) is 32.4 Å². The Kier molecular flexibility index (Phi) is 4.55. The van der Waals surface area contributed by atoms with Gasteiger partial charge in [0, 0.05) is 23.5 Å². The largest absolute Gasteiger partial charge is 0.389 e. The highest BCUT2D eigenvalue weighted by atomic mass is 32.1. The molecule has 0 aliphatic rings. The molecule has 0 fully saturated rings. The fraction of sp³-hybridized carbons (Fsp3) is 0.375. The molecule has 0 radical (unpaired) electrons. The monoisotopic (exact) mass is 287 g/mol. The summed E-state index contributed by atoms with van der Waals surface area (Å²) in [5.41, 5.74) is 7.73. The summed E-state index contributed by atoms with van der Waals surface area (Å²) in [5, 5.41) is 1.02. The van der Waals surface area contributed by atoms with Crippen molar-refractivity contribution in [1.29, 1.82) is 0 Å². The fourth-order valence-corrected chi connectivity index (χ4v) is 2.60. The second kappa shape index (κ2) is 6.18. The van der Waals surface area contributed by atoms with Gasteiger partial charge < -0.3 is 10.6 Å². The second-order valence-electron chi connectivity index (χ2n) is 4.95. The van der Waals surface area contributed by atoms with E-state index in [1.807, 2.05) is 30.3 Å². The van der Waals surface area contributed by atoms with E-state index < -0.39 is 0 Å². The lowest BCUT2D eigenvalue weighted by atomic mass is 10.1. The van der Waals surface area contributed by atoms with Crippen LogP contribution in [0.25, 0.3) is 10.9 Å². The van der Waals surface area contributed by atoms with Crippen LogP contribution in [0.2, 0.25) is 0 Å². The smallest absolute Gasteiger partial charge is 0.130 e. The van der Waals surface area contributed by atoms with Gasteiger partial charge in [0.25, 0.3) is 0 Å². The zero-order chi connectivity index (χ0) is 14.7. The maximum absolute atomic E-state index is 5.88. The van der Waals surface area contributed by atoms with Crippen LogP contribution in [0.5, 0.6) is 0 Å². The van der Waals surface area contributed by atoms with Crippen molar-refractivity contribution in [3.63, 3.8) is 0 Å². The summed E-state index contributed by atoms with van der Waals surface area (Å²) in [4.78, 5) is 7.48. The molecule has 0 bridgehead atoms. The van der Waals surface area contributed by atoms with E-state index in [0.717, 1.165) is 35.2 Å². The zero-order valence-corrected chi connectivity index (χ0v) is 13.1. The van der Waals surface area contributed by atoms with Crippen LogP contribution in [0.1, 0.15) is 32.8 Å². The number of benzene rings is 1. The number of hydrogen-bond acceptors (Lipinski definition) is 3. The fourth-order valence-electron chi connectivity index (χ4n) is 2.43. The van der Waals surface area contributed by atoms with Crippen molar-refractivity contribution in [1.82, 2.24) is 4.98 Å². The lowest BCUT2D eigenvalue weighted by Crippen LogP contribution is -2.33. The Hall–Kier alpha value is -1.68. The van der Waals surface area contributed by atoms with E-state index in [9.17, 15) is 0 Å². The van der Waals surface area contributed by atoms with Gasteiger partial charge in [-0.25, -0.2) is 4.98 Å². The first-order valence-electron chi connectivity index (χ1n) is 7.04. The van der Waals surface area contributed by atoms with Gasteiger partial charge >= 0.3 is 0 Å². The van der Waals surface area contributed by atoms with Crippen LogP contribution in [0.3, 0.4) is 0 Å². The van der Waals surface area contributed by atoms with E-state index in [-0.39, 0.29) is 0 Å². The molecule has 0 spiro atoms. The highest BCUT2D eigenvalue weighted by Crippen LogP contribution is 2.24. The second-order valence-corrected chi connectivity index (χ2v) is 5.39. The highest BCUT2D eigenvalue weighted by Gasteiger charge is 2.15. The Labute approximate surface area is 125 Å². The van der Waals surface area contributed by atoms with Gasteiger partial charge in [0.2, 0.25) is 0 Å². The molecule has 2 N–H and O–H groups in total. The summed E-state index contributed by atoms with van der Waals surface area (Å²) >= 11 is 5.20. The third-order valence-corrected chi connectivity index (χ3v) is 3.95. The molecule has 1 unspecified atom stereocenters. The molecule has 1 aromatic heterocycles. The Bertz CT molecular complexity index is 624. The van der Waals surface area contributed by atoms with Crippen LogP contribution >= 0.6 is 12.2 Å². The van der Waals surface area contributed by atoms with Gasteiger partial charge in [0.05, 0.1) is 5.52 Å². The quantitative estimate of drug-likeness (QED) is 0.855. The molecule has 2 aromatic rings. The molecule has 1 atom stereocenters. The van der Waals surface area contributed by atoms with E-state index in [1.165, 1.54) is 0 Å². The lowest BCUT2D eigenvalue weighted by molar-refractivity contribution is 0.624. The summed E-state index contributed by atoms with van der Waals surface area (Å²) in [7, 11) is 0. The molecule has 20 heavy (non-hydrogen) atoms. The summed E-state index contributed by atoms with van der Waals surface area (Å²) in [6, 6.07) is 10.4. The van der Waals surface area contributed by atoms with Crippen molar-refractivity contribution in [2.75, 3.05) is 11.4 Å². The lowest BCUT2D eigenvalue weighted by Gasteiger charge is -2.29. The standard InChI is InChI=1S/C16H21N3S/c1-4-11(3)19(5-2)15-10-13(16(17)20)12-8-6-7-9-14(12)18-15/h6-11H,4-5H2,1-3H3,(H2,17,20). The number of aromatic nitrogens is 1. The van der Waals surface area contributed by atoms with E-state index in [0.29, 0.717) is 11.0 Å². The van der Waals surface area contributed by atoms with Crippen LogP contribution in [0.15, 0.2) is 30.3 Å². The Morgan fingerprint density at radius 1 is 1.35 bits per heavy atom. The minimum absolute atomic E-state index is 0.421. The van der Waals surface area contributed by atoms with E-state index in [4.69, 9.17) is 22.9 Å². The minimum Gasteiger partial charge on any atom is -0.389 e. The van der Waals surface area contributed by atoms with E-state index in [2.05, 4.69) is 25.7 Å². The summed E-state index contributed by atoms with van der Waals surface area (Å²) in [6.07, 6.45) is 1.07. The molecular formula is C16H21N3S. The number of hydrogen-bond donors (Lipinski definition) is 1. The third-order valence-electron chi connectivity index (χ3n) is 3.73. The molecule has 1 aromatic carbocycles. The first-order chi connectivity index (χ1) is 9.58. The number of nitrogens with zero attached hydrogens (tertiary/aromatic N) is 2. The number of anilines is 1. The van der Waals surface area contributed by atoms with Crippen molar-refractivity contribution >= 4 is 33.9 Å². The number of nitrogens with two attached hydrogens (primary N) is 1. The predicted molar refractivity (Wildman–Crippen MR) is 90.4 cm³/mol. The van der Waals surface area contributed by atoms with Crippen LogP contribution in [-0.2, 0) is 0 Å². The topological polar surface area (TPSA) is 42.1 Å². The van der Waals surface area contributed by atoms with Crippen molar-refractivity contribution in [2.24, 2.45) is 5.73 Å². The van der Waals surface area contributed by atoms with Crippen molar-refractivity contribution in [3.05, 3.63) is 35.9 Å². The normalized spacial score (nSPS) is 12.3. The van der Waals surface area contributed by atoms with Gasteiger partial charge in [-0.2, -0.15) is 0 Å². The average molecular weight is 287 g/mol. The molecular weight excluding hydrogens is 266 g/mol. The molecule has 0 saturated heterocycles. The van der Waals surface area contributed by atoms with Gasteiger partial charge in [-0.15, -0.1) is 0 Å². The first kappa shape index (κ1) is 14.7. The number of thiocarbonyl (C=S) groups is 1. The number of rotatable bonds is 5. The Morgan fingerprint density at radius 2 is 2.05 bits per heavy atom. The molecule has 0 aliphatic heterocycles. The average Bonchev–Trinajstić information content (AvgIpc) is 2.46. The molecule has 4 heteroatoms. The molecule has 0 amide bonds. The van der Waals surface area contributed by atoms with E-state index >= 15 is 0 Å².